The second-order valence-electron chi connectivity index (χ2n) is 5.85. The largest absolute Gasteiger partial charge is 0.281 e. The van der Waals surface area contributed by atoms with Gasteiger partial charge in [0.2, 0.25) is 0 Å². The number of hydrogen-bond donors (Lipinski definition) is 3. The topological polar surface area (TPSA) is 117 Å². The molecule has 0 saturated carbocycles. The third-order valence-corrected chi connectivity index (χ3v) is 5.22. The van der Waals surface area contributed by atoms with E-state index in [4.69, 9.17) is 0 Å². The Morgan fingerprint density at radius 3 is 2.37 bits per heavy atom. The Kier molecular flexibility index (Phi) is 5.13. The van der Waals surface area contributed by atoms with Gasteiger partial charge < -0.3 is 0 Å². The Bertz CT molecular complexity index is 1070. The minimum atomic E-state index is -0.710. The van der Waals surface area contributed by atoms with Gasteiger partial charge in [0.1, 0.15) is 15.4 Å². The summed E-state index contributed by atoms with van der Waals surface area (Å²) in [5.41, 5.74) is 6.34. The van der Waals surface area contributed by atoms with Crippen molar-refractivity contribution in [3.8, 4) is 10.6 Å². The highest BCUT2D eigenvalue weighted by atomic mass is 32.1. The van der Waals surface area contributed by atoms with Gasteiger partial charge in [-0.25, -0.2) is 10.1 Å². The molecule has 3 rings (SSSR count). The summed E-state index contributed by atoms with van der Waals surface area (Å²) in [6.07, 6.45) is 0. The van der Waals surface area contributed by atoms with Gasteiger partial charge in [-0.1, -0.05) is 30.3 Å². The van der Waals surface area contributed by atoms with Crippen LogP contribution in [0.5, 0.6) is 0 Å². The maximum atomic E-state index is 12.4. The molecule has 0 bridgehead atoms. The van der Waals surface area contributed by atoms with Crippen molar-refractivity contribution in [1.29, 1.82) is 0 Å². The van der Waals surface area contributed by atoms with E-state index in [0.29, 0.717) is 26.8 Å². The summed E-state index contributed by atoms with van der Waals surface area (Å²) >= 11 is 1.22. The molecule has 3 N–H and O–H groups in total. The van der Waals surface area contributed by atoms with E-state index in [9.17, 15) is 14.4 Å². The number of benzene rings is 1. The average molecular weight is 383 g/mol. The molecule has 0 unspecified atom stereocenters. The van der Waals surface area contributed by atoms with Crippen LogP contribution in [0.25, 0.3) is 10.6 Å². The van der Waals surface area contributed by atoms with E-state index in [-0.39, 0.29) is 5.56 Å². The number of H-pyrrole nitrogens is 1. The molecule has 9 heteroatoms. The Balaban J connectivity index is 1.76. The number of hydrazine groups is 1. The summed E-state index contributed by atoms with van der Waals surface area (Å²) in [5.74, 6) is -1.21. The maximum absolute atomic E-state index is 12.4. The number of aryl methyl sites for hydroxylation is 2. The molecule has 0 spiro atoms. The molecule has 2 heterocycles. The van der Waals surface area contributed by atoms with Crippen molar-refractivity contribution in [3.05, 3.63) is 68.1 Å². The van der Waals surface area contributed by atoms with E-state index in [2.05, 4.69) is 26.0 Å². The van der Waals surface area contributed by atoms with Gasteiger partial charge in [-0.15, -0.1) is 11.3 Å². The van der Waals surface area contributed by atoms with Crippen molar-refractivity contribution in [3.63, 3.8) is 0 Å². The molecule has 0 aliphatic rings. The molecule has 27 heavy (non-hydrogen) atoms. The molecule has 0 radical (unpaired) electrons. The van der Waals surface area contributed by atoms with Crippen molar-refractivity contribution in [2.75, 3.05) is 0 Å². The third kappa shape index (κ3) is 3.77. The van der Waals surface area contributed by atoms with E-state index in [1.54, 1.807) is 20.8 Å². The maximum Gasteiger partial charge on any atom is 0.281 e. The molecule has 138 valence electrons. The Labute approximate surface area is 158 Å². The fraction of sp³-hybridized carbons (Fsp3) is 0.167. The minimum Gasteiger partial charge on any atom is -0.267 e. The third-order valence-electron chi connectivity index (χ3n) is 4.01. The molecular formula is C18H17N5O3S. The second-order valence-corrected chi connectivity index (χ2v) is 6.85. The van der Waals surface area contributed by atoms with Crippen LogP contribution in [0.15, 0.2) is 35.1 Å². The highest BCUT2D eigenvalue weighted by Gasteiger charge is 2.19. The van der Waals surface area contributed by atoms with Crippen LogP contribution in [-0.4, -0.2) is 27.0 Å². The zero-order valence-corrected chi connectivity index (χ0v) is 15.7. The van der Waals surface area contributed by atoms with Gasteiger partial charge in [0.15, 0.2) is 0 Å². The Hall–Kier alpha value is -3.33. The van der Waals surface area contributed by atoms with E-state index < -0.39 is 17.4 Å². The molecule has 0 aliphatic heterocycles. The van der Waals surface area contributed by atoms with E-state index >= 15 is 0 Å². The van der Waals surface area contributed by atoms with Crippen LogP contribution in [0.2, 0.25) is 0 Å². The van der Waals surface area contributed by atoms with Crippen LogP contribution in [0, 0.1) is 20.8 Å². The fourth-order valence-electron chi connectivity index (χ4n) is 2.44. The number of carbonyl (C=O) groups is 2. The number of rotatable bonds is 3. The summed E-state index contributed by atoms with van der Waals surface area (Å²) < 4.78 is 0. The lowest BCUT2D eigenvalue weighted by atomic mass is 10.1. The highest BCUT2D eigenvalue weighted by molar-refractivity contribution is 7.17. The first kappa shape index (κ1) is 18.5. The number of thiazole rings is 1. The van der Waals surface area contributed by atoms with Crippen molar-refractivity contribution in [2.45, 2.75) is 20.8 Å². The molecule has 0 saturated heterocycles. The lowest BCUT2D eigenvalue weighted by Gasteiger charge is -2.08. The molecule has 0 atom stereocenters. The summed E-state index contributed by atoms with van der Waals surface area (Å²) in [7, 11) is 0. The lowest BCUT2D eigenvalue weighted by Crippen LogP contribution is -2.44. The van der Waals surface area contributed by atoms with Crippen molar-refractivity contribution in [1.82, 2.24) is 26.0 Å². The molecule has 1 aromatic carbocycles. The Morgan fingerprint density at radius 1 is 1.00 bits per heavy atom. The predicted octanol–water partition coefficient (Wildman–Crippen LogP) is 1.89. The first-order valence-corrected chi connectivity index (χ1v) is 8.89. The molecule has 8 nitrogen and oxygen atoms in total. The highest BCUT2D eigenvalue weighted by Crippen LogP contribution is 2.27. The van der Waals surface area contributed by atoms with E-state index in [1.165, 1.54) is 11.3 Å². The molecule has 3 aromatic rings. The van der Waals surface area contributed by atoms with Crippen molar-refractivity contribution >= 4 is 23.2 Å². The van der Waals surface area contributed by atoms with Crippen LogP contribution in [0.3, 0.4) is 0 Å². The number of aromatic amines is 1. The fourth-order valence-corrected chi connectivity index (χ4v) is 3.41. The quantitative estimate of drug-likeness (QED) is 0.597. The van der Waals surface area contributed by atoms with Gasteiger partial charge in [-0.3, -0.25) is 25.2 Å². The van der Waals surface area contributed by atoms with Crippen LogP contribution in [-0.2, 0) is 0 Å². The summed E-state index contributed by atoms with van der Waals surface area (Å²) in [4.78, 5) is 41.4. The number of aromatic nitrogens is 3. The minimum absolute atomic E-state index is 0.0891. The number of hydrogen-bond acceptors (Lipinski definition) is 6. The molecule has 2 aromatic heterocycles. The summed E-state index contributed by atoms with van der Waals surface area (Å²) in [6, 6.07) is 9.49. The number of nitrogens with zero attached hydrogens (tertiary/aromatic N) is 2. The van der Waals surface area contributed by atoms with Gasteiger partial charge in [0.05, 0.1) is 11.4 Å². The zero-order chi connectivity index (χ0) is 19.6. The number of nitrogens with one attached hydrogen (secondary N) is 3. The SMILES string of the molecule is Cc1nc(-c2ccccc2)sc1C(=O)NNC(=O)c1c(C)c(C)n[nH]c1=O. The monoisotopic (exact) mass is 383 g/mol. The van der Waals surface area contributed by atoms with E-state index in [1.807, 2.05) is 30.3 Å². The lowest BCUT2D eigenvalue weighted by molar-refractivity contribution is 0.0847. The van der Waals surface area contributed by atoms with Crippen molar-refractivity contribution < 1.29 is 9.59 Å². The molecule has 2 amide bonds. The van der Waals surface area contributed by atoms with Crippen LogP contribution < -0.4 is 16.4 Å². The van der Waals surface area contributed by atoms with Crippen LogP contribution in [0.4, 0.5) is 0 Å². The zero-order valence-electron chi connectivity index (χ0n) is 14.9. The second kappa shape index (κ2) is 7.50. The number of carbonyl (C=O) groups excluding carboxylic acids is 2. The van der Waals surface area contributed by atoms with Crippen LogP contribution >= 0.6 is 11.3 Å². The molecule has 0 fully saturated rings. The van der Waals surface area contributed by atoms with Crippen LogP contribution in [0.1, 0.15) is 37.0 Å². The van der Waals surface area contributed by atoms with Gasteiger partial charge >= 0.3 is 0 Å². The van der Waals surface area contributed by atoms with Gasteiger partial charge in [0.25, 0.3) is 17.4 Å². The molecule has 0 aliphatic carbocycles. The average Bonchev–Trinajstić information content (AvgIpc) is 3.06. The first-order chi connectivity index (χ1) is 12.9. The normalized spacial score (nSPS) is 10.5. The van der Waals surface area contributed by atoms with Gasteiger partial charge in [-0.2, -0.15) is 5.10 Å². The van der Waals surface area contributed by atoms with E-state index in [0.717, 1.165) is 5.56 Å². The predicted molar refractivity (Wildman–Crippen MR) is 102 cm³/mol. The smallest absolute Gasteiger partial charge is 0.267 e. The molecular weight excluding hydrogens is 366 g/mol. The Morgan fingerprint density at radius 2 is 1.67 bits per heavy atom. The van der Waals surface area contributed by atoms with Gasteiger partial charge in [0, 0.05) is 5.56 Å². The van der Waals surface area contributed by atoms with Gasteiger partial charge in [-0.05, 0) is 26.3 Å². The summed E-state index contributed by atoms with van der Waals surface area (Å²) in [6.45, 7) is 5.01. The summed E-state index contributed by atoms with van der Waals surface area (Å²) in [5, 5.41) is 6.76. The first-order valence-electron chi connectivity index (χ1n) is 8.08. The van der Waals surface area contributed by atoms with Crippen molar-refractivity contribution in [2.24, 2.45) is 0 Å². The standard InChI is InChI=1S/C18H17N5O3S/c1-9-10(2)20-21-15(24)13(9)16(25)22-23-17(26)14-11(3)19-18(27-14)12-7-5-4-6-8-12/h4-8H,1-3H3,(H,21,24)(H,22,25)(H,23,26). The number of amides is 2.